The highest BCUT2D eigenvalue weighted by molar-refractivity contribution is 6.11. The molecule has 2 N–H and O–H groups in total. The number of fused-ring (bicyclic) bond motifs is 1. The Morgan fingerprint density at radius 1 is 1.24 bits per heavy atom. The van der Waals surface area contributed by atoms with E-state index in [1.54, 1.807) is 0 Å². The molecule has 1 atom stereocenters. The molecule has 0 saturated carbocycles. The third-order valence-electron chi connectivity index (χ3n) is 4.26. The van der Waals surface area contributed by atoms with Gasteiger partial charge in [0.15, 0.2) is 5.69 Å². The van der Waals surface area contributed by atoms with Gasteiger partial charge in [0.2, 0.25) is 0 Å². The largest absolute Gasteiger partial charge is 0.491 e. The molecule has 2 aromatic carbocycles. The van der Waals surface area contributed by atoms with Crippen molar-refractivity contribution < 1.29 is 14.3 Å². The summed E-state index contributed by atoms with van der Waals surface area (Å²) in [5.41, 5.74) is 1.92. The van der Waals surface area contributed by atoms with E-state index >= 15 is 0 Å². The summed E-state index contributed by atoms with van der Waals surface area (Å²) in [5, 5.41) is 10.6. The van der Waals surface area contributed by atoms with Crippen LogP contribution in [0.4, 0.5) is 5.69 Å². The van der Waals surface area contributed by atoms with Crippen LogP contribution >= 0.6 is 0 Å². The summed E-state index contributed by atoms with van der Waals surface area (Å²) in [6.45, 7) is 1.38. The summed E-state index contributed by atoms with van der Waals surface area (Å²) in [5.74, 6) is 0.518. The number of rotatable bonds is 5. The van der Waals surface area contributed by atoms with Gasteiger partial charge >= 0.3 is 0 Å². The zero-order valence-electron chi connectivity index (χ0n) is 13.7. The molecule has 6 heteroatoms. The van der Waals surface area contributed by atoms with Gasteiger partial charge in [0.25, 0.3) is 5.91 Å². The van der Waals surface area contributed by atoms with Crippen molar-refractivity contribution in [1.29, 1.82) is 0 Å². The van der Waals surface area contributed by atoms with Gasteiger partial charge in [-0.05, 0) is 43.2 Å². The molecular weight excluding hydrogens is 318 g/mol. The maximum absolute atomic E-state index is 12.4. The van der Waals surface area contributed by atoms with Gasteiger partial charge < -0.3 is 14.8 Å². The van der Waals surface area contributed by atoms with E-state index in [0.717, 1.165) is 36.1 Å². The fourth-order valence-corrected chi connectivity index (χ4v) is 2.93. The smallest absolute Gasteiger partial charge is 0.276 e. The predicted octanol–water partition coefficient (Wildman–Crippen LogP) is 3.37. The molecule has 1 aromatic heterocycles. The molecule has 128 valence electrons. The average Bonchev–Trinajstić information content (AvgIpc) is 3.31. The van der Waals surface area contributed by atoms with E-state index in [4.69, 9.17) is 9.47 Å². The molecule has 3 aromatic rings. The number of amides is 1. The quantitative estimate of drug-likeness (QED) is 0.748. The Bertz CT molecular complexity index is 867. The van der Waals surface area contributed by atoms with E-state index in [0.29, 0.717) is 18.0 Å². The Balaban J connectivity index is 1.39. The monoisotopic (exact) mass is 337 g/mol. The Morgan fingerprint density at radius 2 is 2.08 bits per heavy atom. The van der Waals surface area contributed by atoms with Gasteiger partial charge in [-0.25, -0.2) is 0 Å². The Hall–Kier alpha value is -2.86. The highest BCUT2D eigenvalue weighted by Crippen LogP contribution is 2.20. The van der Waals surface area contributed by atoms with Gasteiger partial charge in [-0.2, -0.15) is 5.10 Å². The highest BCUT2D eigenvalue weighted by Gasteiger charge is 2.16. The van der Waals surface area contributed by atoms with Crippen LogP contribution in [0, 0.1) is 0 Å². The molecule has 0 aliphatic carbocycles. The van der Waals surface area contributed by atoms with Crippen molar-refractivity contribution in [3.8, 4) is 5.75 Å². The third-order valence-corrected chi connectivity index (χ3v) is 4.26. The molecule has 1 saturated heterocycles. The maximum Gasteiger partial charge on any atom is 0.276 e. The average molecular weight is 337 g/mol. The number of nitrogens with one attached hydrogen (secondary N) is 2. The first kappa shape index (κ1) is 15.7. The molecule has 4 rings (SSSR count). The summed E-state index contributed by atoms with van der Waals surface area (Å²) < 4.78 is 11.3. The number of carbonyl (C=O) groups is 1. The summed E-state index contributed by atoms with van der Waals surface area (Å²) >= 11 is 0. The number of aromatic amines is 1. The number of H-pyrrole nitrogens is 1. The summed E-state index contributed by atoms with van der Waals surface area (Å²) in [6.07, 6.45) is 2.33. The van der Waals surface area contributed by atoms with Gasteiger partial charge in [-0.15, -0.1) is 0 Å². The predicted molar refractivity (Wildman–Crippen MR) is 95.0 cm³/mol. The molecule has 1 amide bonds. The summed E-state index contributed by atoms with van der Waals surface area (Å²) in [4.78, 5) is 12.4. The van der Waals surface area contributed by atoms with Crippen LogP contribution in [0.25, 0.3) is 10.9 Å². The molecule has 1 aliphatic rings. The lowest BCUT2D eigenvalue weighted by Gasteiger charge is -2.12. The van der Waals surface area contributed by atoms with Gasteiger partial charge in [0, 0.05) is 17.7 Å². The molecule has 0 unspecified atom stereocenters. The van der Waals surface area contributed by atoms with Gasteiger partial charge in [-0.3, -0.25) is 9.89 Å². The number of nitrogens with zero attached hydrogens (tertiary/aromatic N) is 1. The number of carbonyl (C=O) groups excluding carboxylic acids is 1. The van der Waals surface area contributed by atoms with Crippen LogP contribution in [0.1, 0.15) is 23.3 Å². The van der Waals surface area contributed by atoms with E-state index in [2.05, 4.69) is 15.5 Å². The van der Waals surface area contributed by atoms with Crippen LogP contribution in [0.15, 0.2) is 48.5 Å². The Morgan fingerprint density at radius 3 is 2.88 bits per heavy atom. The van der Waals surface area contributed by atoms with Crippen LogP contribution in [-0.4, -0.2) is 35.4 Å². The van der Waals surface area contributed by atoms with Crippen molar-refractivity contribution in [1.82, 2.24) is 10.2 Å². The van der Waals surface area contributed by atoms with Crippen LogP contribution in [0.2, 0.25) is 0 Å². The van der Waals surface area contributed by atoms with Crippen molar-refractivity contribution in [3.63, 3.8) is 0 Å². The molecule has 1 aliphatic heterocycles. The standard InChI is InChI=1S/C19H19N3O3/c23-19(18-16-5-1-2-6-17(16)21-22-18)20-13-7-9-14(10-8-13)25-12-15-4-3-11-24-15/h1-2,5-10,15H,3-4,11-12H2,(H,20,23)(H,21,22)/t15-/m1/s1. The molecule has 0 bridgehead atoms. The molecule has 25 heavy (non-hydrogen) atoms. The minimum absolute atomic E-state index is 0.187. The second-order valence-corrected chi connectivity index (χ2v) is 6.04. The van der Waals surface area contributed by atoms with Gasteiger partial charge in [-0.1, -0.05) is 18.2 Å². The number of hydrogen-bond acceptors (Lipinski definition) is 4. The lowest BCUT2D eigenvalue weighted by atomic mass is 10.2. The van der Waals surface area contributed by atoms with Crippen LogP contribution < -0.4 is 10.1 Å². The first-order valence-electron chi connectivity index (χ1n) is 8.38. The summed E-state index contributed by atoms with van der Waals surface area (Å²) in [7, 11) is 0. The third kappa shape index (κ3) is 3.49. The molecule has 2 heterocycles. The minimum Gasteiger partial charge on any atom is -0.491 e. The van der Waals surface area contributed by atoms with Crippen LogP contribution in [0.5, 0.6) is 5.75 Å². The lowest BCUT2D eigenvalue weighted by molar-refractivity contribution is 0.0679. The molecule has 0 radical (unpaired) electrons. The maximum atomic E-state index is 12.4. The number of anilines is 1. The van der Waals surface area contributed by atoms with E-state index in [9.17, 15) is 4.79 Å². The topological polar surface area (TPSA) is 76.2 Å². The van der Waals surface area contributed by atoms with Crippen molar-refractivity contribution in [3.05, 3.63) is 54.2 Å². The second-order valence-electron chi connectivity index (χ2n) is 6.04. The zero-order valence-corrected chi connectivity index (χ0v) is 13.7. The van der Waals surface area contributed by atoms with Crippen molar-refractivity contribution in [2.45, 2.75) is 18.9 Å². The summed E-state index contributed by atoms with van der Waals surface area (Å²) in [6, 6.07) is 14.9. The SMILES string of the molecule is O=C(Nc1ccc(OC[C@H]2CCCO2)cc1)c1n[nH]c2ccccc12. The minimum atomic E-state index is -0.245. The fraction of sp³-hybridized carbons (Fsp3) is 0.263. The fourth-order valence-electron chi connectivity index (χ4n) is 2.93. The lowest BCUT2D eigenvalue weighted by Crippen LogP contribution is -2.16. The second kappa shape index (κ2) is 6.94. The van der Waals surface area contributed by atoms with E-state index < -0.39 is 0 Å². The van der Waals surface area contributed by atoms with Gasteiger partial charge in [0.05, 0.1) is 11.6 Å². The van der Waals surface area contributed by atoms with E-state index in [1.165, 1.54) is 0 Å². The van der Waals surface area contributed by atoms with Crippen molar-refractivity contribution in [2.24, 2.45) is 0 Å². The Kier molecular flexibility index (Phi) is 4.35. The molecule has 6 nitrogen and oxygen atoms in total. The molecule has 1 fully saturated rings. The number of hydrogen-bond donors (Lipinski definition) is 2. The van der Waals surface area contributed by atoms with Crippen molar-refractivity contribution >= 4 is 22.5 Å². The number of benzene rings is 2. The zero-order chi connectivity index (χ0) is 17.1. The molecule has 0 spiro atoms. The number of ether oxygens (including phenoxy) is 2. The Labute approximate surface area is 145 Å². The highest BCUT2D eigenvalue weighted by atomic mass is 16.5. The first-order chi connectivity index (χ1) is 12.3. The number of para-hydroxylation sites is 1. The normalized spacial score (nSPS) is 16.9. The van der Waals surface area contributed by atoms with Crippen molar-refractivity contribution in [2.75, 3.05) is 18.5 Å². The number of aromatic nitrogens is 2. The van der Waals surface area contributed by atoms with E-state index in [-0.39, 0.29) is 12.0 Å². The van der Waals surface area contributed by atoms with E-state index in [1.807, 2.05) is 48.5 Å². The first-order valence-corrected chi connectivity index (χ1v) is 8.38. The molecular formula is C19H19N3O3. The van der Waals surface area contributed by atoms with Crippen LogP contribution in [-0.2, 0) is 4.74 Å². The van der Waals surface area contributed by atoms with Gasteiger partial charge in [0.1, 0.15) is 12.4 Å². The van der Waals surface area contributed by atoms with Crippen LogP contribution in [0.3, 0.4) is 0 Å².